The van der Waals surface area contributed by atoms with Crippen molar-refractivity contribution in [2.75, 3.05) is 13.2 Å². The van der Waals surface area contributed by atoms with E-state index < -0.39 is 0 Å². The highest BCUT2D eigenvalue weighted by Gasteiger charge is 2.03. The van der Waals surface area contributed by atoms with Gasteiger partial charge in [-0.15, -0.1) is 0 Å². The lowest BCUT2D eigenvalue weighted by Gasteiger charge is -2.05. The molecule has 0 aliphatic carbocycles. The number of allylic oxidation sites excluding steroid dienone is 2. The third-order valence-electron chi connectivity index (χ3n) is 6.19. The average molecular weight is 571 g/mol. The molecular formula is C38H34O5. The Kier molecular flexibility index (Phi) is 12.4. The van der Waals surface area contributed by atoms with Crippen LogP contribution in [0.1, 0.15) is 44.7 Å². The molecule has 0 heterocycles. The summed E-state index contributed by atoms with van der Waals surface area (Å²) in [5.74, 6) is 1.31. The number of ketones is 2. The molecule has 0 unspecified atom stereocenters. The molecule has 0 saturated carbocycles. The molecule has 0 bridgehead atoms. The van der Waals surface area contributed by atoms with Crippen LogP contribution in [0.15, 0.2) is 146 Å². The topological polar surface area (TPSA) is 61.8 Å². The van der Waals surface area contributed by atoms with Gasteiger partial charge in [-0.05, 0) is 84.0 Å². The fourth-order valence-electron chi connectivity index (χ4n) is 3.88. The van der Waals surface area contributed by atoms with Crippen LogP contribution in [0.3, 0.4) is 0 Å². The van der Waals surface area contributed by atoms with Gasteiger partial charge in [-0.25, -0.2) is 0 Å². The van der Waals surface area contributed by atoms with Gasteiger partial charge in [0.25, 0.3) is 0 Å². The van der Waals surface area contributed by atoms with E-state index >= 15 is 0 Å². The molecule has 0 saturated heterocycles. The molecule has 4 aromatic rings. The Morgan fingerprint density at radius 3 is 1.30 bits per heavy atom. The minimum Gasteiger partial charge on any atom is -0.493 e. The Labute approximate surface area is 253 Å². The van der Waals surface area contributed by atoms with E-state index in [4.69, 9.17) is 14.2 Å². The smallest absolute Gasteiger partial charge is 0.185 e. The average Bonchev–Trinajstić information content (AvgIpc) is 3.06. The van der Waals surface area contributed by atoms with E-state index in [0.717, 1.165) is 11.1 Å². The second kappa shape index (κ2) is 17.4. The van der Waals surface area contributed by atoms with Crippen LogP contribution < -0.4 is 9.47 Å². The van der Waals surface area contributed by atoms with Crippen LogP contribution in [0.25, 0.3) is 12.2 Å². The maximum absolute atomic E-state index is 12.3. The van der Waals surface area contributed by atoms with Crippen molar-refractivity contribution in [3.63, 3.8) is 0 Å². The SMILES string of the molecule is O=C(C=Cc1ccccc1)c1ccc(OCCC=COC=CCCOc2ccc(C(=O)C=Cc3ccccc3)cc2)cc1. The first kappa shape index (κ1) is 30.5. The van der Waals surface area contributed by atoms with Gasteiger partial charge >= 0.3 is 0 Å². The predicted molar refractivity (Wildman–Crippen MR) is 172 cm³/mol. The molecule has 5 nitrogen and oxygen atoms in total. The molecule has 0 N–H and O–H groups in total. The fraction of sp³-hybridized carbons (Fsp3) is 0.105. The van der Waals surface area contributed by atoms with Crippen molar-refractivity contribution in [2.24, 2.45) is 0 Å². The van der Waals surface area contributed by atoms with Crippen molar-refractivity contribution in [1.82, 2.24) is 0 Å². The molecule has 43 heavy (non-hydrogen) atoms. The summed E-state index contributed by atoms with van der Waals surface area (Å²) < 4.78 is 16.8. The molecule has 5 heteroatoms. The molecule has 216 valence electrons. The largest absolute Gasteiger partial charge is 0.493 e. The number of rotatable bonds is 16. The molecule has 0 atom stereocenters. The highest BCUT2D eigenvalue weighted by atomic mass is 16.5. The van der Waals surface area contributed by atoms with Crippen molar-refractivity contribution in [1.29, 1.82) is 0 Å². The van der Waals surface area contributed by atoms with Crippen molar-refractivity contribution in [2.45, 2.75) is 12.8 Å². The van der Waals surface area contributed by atoms with E-state index in [2.05, 4.69) is 0 Å². The first-order chi connectivity index (χ1) is 21.2. The molecule has 0 fully saturated rings. The molecule has 4 rings (SSSR count). The molecule has 0 radical (unpaired) electrons. The van der Waals surface area contributed by atoms with Gasteiger partial charge < -0.3 is 14.2 Å². The molecule has 4 aromatic carbocycles. The summed E-state index contributed by atoms with van der Waals surface area (Å²) in [7, 11) is 0. The highest BCUT2D eigenvalue weighted by Crippen LogP contribution is 2.15. The normalized spacial score (nSPS) is 11.4. The number of hydrogen-bond donors (Lipinski definition) is 0. The lowest BCUT2D eigenvalue weighted by atomic mass is 10.1. The molecule has 0 amide bonds. The predicted octanol–water partition coefficient (Wildman–Crippen LogP) is 8.76. The van der Waals surface area contributed by atoms with Gasteiger partial charge in [-0.2, -0.15) is 0 Å². The van der Waals surface area contributed by atoms with Crippen LogP contribution in [0.4, 0.5) is 0 Å². The van der Waals surface area contributed by atoms with Crippen LogP contribution in [0.2, 0.25) is 0 Å². The van der Waals surface area contributed by atoms with Gasteiger partial charge in [-0.1, -0.05) is 72.8 Å². The zero-order valence-corrected chi connectivity index (χ0v) is 23.9. The maximum atomic E-state index is 12.3. The van der Waals surface area contributed by atoms with Crippen molar-refractivity contribution >= 4 is 23.7 Å². The van der Waals surface area contributed by atoms with E-state index in [-0.39, 0.29) is 11.6 Å². The van der Waals surface area contributed by atoms with Crippen molar-refractivity contribution in [3.8, 4) is 11.5 Å². The number of carbonyl (C=O) groups excluding carboxylic acids is 2. The minimum atomic E-state index is -0.0509. The summed E-state index contributed by atoms with van der Waals surface area (Å²) in [6.45, 7) is 0.985. The Morgan fingerprint density at radius 2 is 0.907 bits per heavy atom. The van der Waals surface area contributed by atoms with E-state index in [9.17, 15) is 9.59 Å². The van der Waals surface area contributed by atoms with Crippen LogP contribution in [-0.2, 0) is 4.74 Å². The Morgan fingerprint density at radius 1 is 0.512 bits per heavy atom. The molecule has 0 aliphatic heterocycles. The van der Waals surface area contributed by atoms with Crippen LogP contribution in [-0.4, -0.2) is 24.8 Å². The van der Waals surface area contributed by atoms with E-state index in [1.54, 1.807) is 73.2 Å². The first-order valence-electron chi connectivity index (χ1n) is 14.1. The Hall–Kier alpha value is -5.42. The molecule has 0 spiro atoms. The van der Waals surface area contributed by atoms with Gasteiger partial charge in [0.1, 0.15) is 11.5 Å². The van der Waals surface area contributed by atoms with Gasteiger partial charge in [0, 0.05) is 24.0 Å². The molecule has 0 aliphatic rings. The summed E-state index contributed by atoms with van der Waals surface area (Å²) in [4.78, 5) is 24.7. The van der Waals surface area contributed by atoms with Gasteiger partial charge in [0.15, 0.2) is 11.6 Å². The van der Waals surface area contributed by atoms with Crippen LogP contribution in [0, 0.1) is 0 Å². The van der Waals surface area contributed by atoms with Gasteiger partial charge in [0.2, 0.25) is 0 Å². The summed E-state index contributed by atoms with van der Waals surface area (Å²) in [6, 6.07) is 33.7. The van der Waals surface area contributed by atoms with E-state index in [1.165, 1.54) is 0 Å². The third kappa shape index (κ3) is 11.2. The van der Waals surface area contributed by atoms with E-state index in [1.807, 2.05) is 85.0 Å². The lowest BCUT2D eigenvalue weighted by Crippen LogP contribution is -1.98. The fourth-order valence-corrected chi connectivity index (χ4v) is 3.88. The molecule has 0 aromatic heterocycles. The number of ether oxygens (including phenoxy) is 3. The second-order valence-electron chi connectivity index (χ2n) is 9.42. The molecular weight excluding hydrogens is 536 g/mol. The number of hydrogen-bond acceptors (Lipinski definition) is 5. The number of carbonyl (C=O) groups is 2. The van der Waals surface area contributed by atoms with Crippen molar-refractivity contribution in [3.05, 3.63) is 168 Å². The maximum Gasteiger partial charge on any atom is 0.185 e. The quantitative estimate of drug-likeness (QED) is 0.0583. The summed E-state index contributed by atoms with van der Waals surface area (Å²) in [5.41, 5.74) is 3.20. The summed E-state index contributed by atoms with van der Waals surface area (Å²) in [6.07, 6.45) is 15.1. The highest BCUT2D eigenvalue weighted by molar-refractivity contribution is 6.07. The first-order valence-corrected chi connectivity index (χ1v) is 14.1. The third-order valence-corrected chi connectivity index (χ3v) is 6.19. The van der Waals surface area contributed by atoms with Crippen LogP contribution in [0.5, 0.6) is 11.5 Å². The zero-order valence-electron chi connectivity index (χ0n) is 23.9. The summed E-state index contributed by atoms with van der Waals surface area (Å²) in [5, 5.41) is 0. The van der Waals surface area contributed by atoms with Crippen LogP contribution >= 0.6 is 0 Å². The summed E-state index contributed by atoms with van der Waals surface area (Å²) >= 11 is 0. The van der Waals surface area contributed by atoms with Gasteiger partial charge in [-0.3, -0.25) is 9.59 Å². The minimum absolute atomic E-state index is 0.0509. The standard InChI is InChI=1S/C38H34O5/c39-37(25-15-31-11-3-1-4-12-31)33-17-21-35(22-18-33)42-29-9-7-27-41-28-8-10-30-43-36-23-19-34(20-24-36)38(40)26-16-32-13-5-2-6-14-32/h1-8,11-28H,9-10,29-30H2. The van der Waals surface area contributed by atoms with E-state index in [0.29, 0.717) is 48.7 Å². The Bertz CT molecular complexity index is 1410. The van der Waals surface area contributed by atoms with Gasteiger partial charge in [0.05, 0.1) is 25.7 Å². The Balaban J connectivity index is 1.05. The monoisotopic (exact) mass is 570 g/mol. The number of benzene rings is 4. The van der Waals surface area contributed by atoms with Crippen molar-refractivity contribution < 1.29 is 23.8 Å². The zero-order chi connectivity index (χ0) is 30.0. The lowest BCUT2D eigenvalue weighted by molar-refractivity contribution is 0.103. The second-order valence-corrected chi connectivity index (χ2v) is 9.42.